The SMILES string of the molecule is NC(=O)C1COCCN1C(=O)c1cccc(F)n1. The van der Waals surface area contributed by atoms with Gasteiger partial charge in [0.15, 0.2) is 0 Å². The molecule has 7 heteroatoms. The molecule has 96 valence electrons. The van der Waals surface area contributed by atoms with Crippen molar-refractivity contribution in [2.45, 2.75) is 6.04 Å². The molecule has 2 rings (SSSR count). The molecular weight excluding hydrogens is 241 g/mol. The van der Waals surface area contributed by atoms with E-state index in [0.717, 1.165) is 6.07 Å². The highest BCUT2D eigenvalue weighted by molar-refractivity contribution is 5.96. The first-order valence-corrected chi connectivity index (χ1v) is 5.40. The lowest BCUT2D eigenvalue weighted by Gasteiger charge is -2.33. The fourth-order valence-corrected chi connectivity index (χ4v) is 1.76. The van der Waals surface area contributed by atoms with Crippen LogP contribution in [0.3, 0.4) is 0 Å². The summed E-state index contributed by atoms with van der Waals surface area (Å²) >= 11 is 0. The lowest BCUT2D eigenvalue weighted by molar-refractivity contribution is -0.127. The number of hydrogen-bond acceptors (Lipinski definition) is 4. The Bertz CT molecular complexity index is 480. The van der Waals surface area contributed by atoms with Crippen LogP contribution >= 0.6 is 0 Å². The van der Waals surface area contributed by atoms with Crippen LogP contribution in [0, 0.1) is 5.95 Å². The van der Waals surface area contributed by atoms with Gasteiger partial charge in [-0.25, -0.2) is 4.98 Å². The minimum Gasteiger partial charge on any atom is -0.377 e. The van der Waals surface area contributed by atoms with E-state index in [1.807, 2.05) is 0 Å². The molecule has 6 nitrogen and oxygen atoms in total. The molecule has 1 aliphatic rings. The Hall–Kier alpha value is -2.02. The van der Waals surface area contributed by atoms with E-state index in [2.05, 4.69) is 4.98 Å². The number of carbonyl (C=O) groups is 2. The molecular formula is C11H12FN3O3. The summed E-state index contributed by atoms with van der Waals surface area (Å²) in [5, 5.41) is 0. The second kappa shape index (κ2) is 5.09. The number of hydrogen-bond donors (Lipinski definition) is 1. The van der Waals surface area contributed by atoms with Gasteiger partial charge in [-0.3, -0.25) is 9.59 Å². The standard InChI is InChI=1S/C11H12FN3O3/c12-9-3-1-2-7(14-9)11(17)15-4-5-18-6-8(15)10(13)16/h1-3,8H,4-6H2,(H2,13,16). The summed E-state index contributed by atoms with van der Waals surface area (Å²) in [7, 11) is 0. The number of primary amides is 1. The van der Waals surface area contributed by atoms with Gasteiger partial charge in [0.05, 0.1) is 13.2 Å². The Kier molecular flexibility index (Phi) is 3.52. The van der Waals surface area contributed by atoms with Gasteiger partial charge in [0.25, 0.3) is 5.91 Å². The fourth-order valence-electron chi connectivity index (χ4n) is 1.76. The molecule has 2 heterocycles. The molecule has 18 heavy (non-hydrogen) atoms. The Balaban J connectivity index is 2.23. The molecule has 1 fully saturated rings. The maximum absolute atomic E-state index is 13.0. The normalized spacial score (nSPS) is 19.6. The van der Waals surface area contributed by atoms with Crippen molar-refractivity contribution in [1.82, 2.24) is 9.88 Å². The first-order chi connectivity index (χ1) is 8.59. The smallest absolute Gasteiger partial charge is 0.273 e. The average molecular weight is 253 g/mol. The van der Waals surface area contributed by atoms with E-state index >= 15 is 0 Å². The summed E-state index contributed by atoms with van der Waals surface area (Å²) in [6.07, 6.45) is 0. The zero-order valence-corrected chi connectivity index (χ0v) is 9.51. The minimum atomic E-state index is -0.837. The molecule has 1 atom stereocenters. The van der Waals surface area contributed by atoms with Crippen molar-refractivity contribution in [2.75, 3.05) is 19.8 Å². The number of aromatic nitrogens is 1. The quantitative estimate of drug-likeness (QED) is 0.723. The van der Waals surface area contributed by atoms with Gasteiger partial charge in [-0.05, 0) is 12.1 Å². The van der Waals surface area contributed by atoms with Crippen molar-refractivity contribution in [2.24, 2.45) is 5.73 Å². The maximum atomic E-state index is 13.0. The van der Waals surface area contributed by atoms with Crippen LogP contribution in [-0.2, 0) is 9.53 Å². The Morgan fingerprint density at radius 3 is 2.94 bits per heavy atom. The highest BCUT2D eigenvalue weighted by atomic mass is 19.1. The molecule has 1 unspecified atom stereocenters. The monoisotopic (exact) mass is 253 g/mol. The predicted molar refractivity (Wildman–Crippen MR) is 59.0 cm³/mol. The summed E-state index contributed by atoms with van der Waals surface area (Å²) in [4.78, 5) is 28.1. The third kappa shape index (κ3) is 2.45. The van der Waals surface area contributed by atoms with Crippen LogP contribution in [0.4, 0.5) is 4.39 Å². The predicted octanol–water partition coefficient (Wildman–Crippen LogP) is -0.453. The van der Waals surface area contributed by atoms with Crippen molar-refractivity contribution < 1.29 is 18.7 Å². The van der Waals surface area contributed by atoms with Crippen LogP contribution in [0.15, 0.2) is 18.2 Å². The zero-order valence-electron chi connectivity index (χ0n) is 9.51. The number of halogens is 1. The number of ether oxygens (including phenoxy) is 1. The van der Waals surface area contributed by atoms with Gasteiger partial charge in [0, 0.05) is 6.54 Å². The van der Waals surface area contributed by atoms with Crippen LogP contribution in [0.5, 0.6) is 0 Å². The van der Waals surface area contributed by atoms with Crippen LogP contribution in [0.2, 0.25) is 0 Å². The molecule has 2 amide bonds. The van der Waals surface area contributed by atoms with Gasteiger partial charge in [-0.1, -0.05) is 6.07 Å². The lowest BCUT2D eigenvalue weighted by Crippen LogP contribution is -2.54. The van der Waals surface area contributed by atoms with Crippen molar-refractivity contribution in [3.8, 4) is 0 Å². The van der Waals surface area contributed by atoms with Gasteiger partial charge in [-0.2, -0.15) is 4.39 Å². The molecule has 1 saturated heterocycles. The number of carbonyl (C=O) groups excluding carboxylic acids is 2. The molecule has 1 aromatic rings. The first kappa shape index (κ1) is 12.4. The molecule has 0 bridgehead atoms. The first-order valence-electron chi connectivity index (χ1n) is 5.40. The third-order valence-electron chi connectivity index (χ3n) is 2.65. The van der Waals surface area contributed by atoms with Crippen LogP contribution < -0.4 is 5.73 Å². The van der Waals surface area contributed by atoms with Crippen molar-refractivity contribution >= 4 is 11.8 Å². The molecule has 0 aromatic carbocycles. The zero-order chi connectivity index (χ0) is 13.1. The van der Waals surface area contributed by atoms with E-state index in [4.69, 9.17) is 10.5 Å². The van der Waals surface area contributed by atoms with Crippen LogP contribution in [0.1, 0.15) is 10.5 Å². The number of amides is 2. The molecule has 0 radical (unpaired) electrons. The van der Waals surface area contributed by atoms with Gasteiger partial charge in [-0.15, -0.1) is 0 Å². The van der Waals surface area contributed by atoms with Gasteiger partial charge >= 0.3 is 0 Å². The van der Waals surface area contributed by atoms with Crippen molar-refractivity contribution in [3.63, 3.8) is 0 Å². The second-order valence-electron chi connectivity index (χ2n) is 3.84. The Labute approximate surface area is 103 Å². The Morgan fingerprint density at radius 2 is 2.28 bits per heavy atom. The van der Waals surface area contributed by atoms with E-state index < -0.39 is 23.8 Å². The van der Waals surface area contributed by atoms with Gasteiger partial charge in [0.2, 0.25) is 11.9 Å². The third-order valence-corrected chi connectivity index (χ3v) is 2.65. The summed E-state index contributed by atoms with van der Waals surface area (Å²) in [6, 6.07) is 3.08. The largest absolute Gasteiger partial charge is 0.377 e. The van der Waals surface area contributed by atoms with Crippen LogP contribution in [0.25, 0.3) is 0 Å². The summed E-state index contributed by atoms with van der Waals surface area (Å²) in [5.74, 6) is -1.93. The van der Waals surface area contributed by atoms with Crippen LogP contribution in [-0.4, -0.2) is 47.5 Å². The molecule has 2 N–H and O–H groups in total. The minimum absolute atomic E-state index is 0.0520. The number of nitrogens with two attached hydrogens (primary N) is 1. The van der Waals surface area contributed by atoms with E-state index in [0.29, 0.717) is 6.61 Å². The summed E-state index contributed by atoms with van der Waals surface area (Å²) in [5.41, 5.74) is 5.14. The molecule has 0 aliphatic carbocycles. The number of nitrogens with zero attached hydrogens (tertiary/aromatic N) is 2. The lowest BCUT2D eigenvalue weighted by atomic mass is 10.2. The summed E-state index contributed by atoms with van der Waals surface area (Å²) < 4.78 is 18.0. The van der Waals surface area contributed by atoms with Gasteiger partial charge in [0.1, 0.15) is 11.7 Å². The highest BCUT2D eigenvalue weighted by Crippen LogP contribution is 2.11. The molecule has 0 saturated carbocycles. The fraction of sp³-hybridized carbons (Fsp3) is 0.364. The van der Waals surface area contributed by atoms with Gasteiger partial charge < -0.3 is 15.4 Å². The van der Waals surface area contributed by atoms with Crippen molar-refractivity contribution in [1.29, 1.82) is 0 Å². The second-order valence-corrected chi connectivity index (χ2v) is 3.84. The topological polar surface area (TPSA) is 85.5 Å². The Morgan fingerprint density at radius 1 is 1.50 bits per heavy atom. The molecule has 1 aliphatic heterocycles. The van der Waals surface area contributed by atoms with E-state index in [-0.39, 0.29) is 18.8 Å². The summed E-state index contributed by atoms with van der Waals surface area (Å²) in [6.45, 7) is 0.589. The average Bonchev–Trinajstić information content (AvgIpc) is 2.38. The van der Waals surface area contributed by atoms with Crippen molar-refractivity contribution in [3.05, 3.63) is 29.8 Å². The van der Waals surface area contributed by atoms with E-state index in [1.165, 1.54) is 17.0 Å². The van der Waals surface area contributed by atoms with E-state index in [9.17, 15) is 14.0 Å². The highest BCUT2D eigenvalue weighted by Gasteiger charge is 2.32. The van der Waals surface area contributed by atoms with E-state index in [1.54, 1.807) is 0 Å². The number of morpholine rings is 1. The number of rotatable bonds is 2. The maximum Gasteiger partial charge on any atom is 0.273 e. The number of pyridine rings is 1. The molecule has 1 aromatic heterocycles. The molecule has 0 spiro atoms.